The molecule has 1 unspecified atom stereocenters. The molecule has 2 aliphatic rings. The molecule has 2 saturated carbocycles. The largest absolute Gasteiger partial charge is 0.523 e. The fourth-order valence-corrected chi connectivity index (χ4v) is 3.59. The van der Waals surface area contributed by atoms with Crippen molar-refractivity contribution in [3.8, 4) is 0 Å². The molecule has 0 aliphatic heterocycles. The summed E-state index contributed by atoms with van der Waals surface area (Å²) in [5.41, 5.74) is -4.44. The highest BCUT2D eigenvalue weighted by molar-refractivity contribution is 7.87. The zero-order valence-corrected chi connectivity index (χ0v) is 15.1. The number of hydrogen-bond donors (Lipinski definition) is 1. The van der Waals surface area contributed by atoms with E-state index in [1.54, 1.807) is 0 Å². The smallest absolute Gasteiger partial charge is 0.263 e. The van der Waals surface area contributed by atoms with Crippen LogP contribution in [0.1, 0.15) is 57.8 Å². The van der Waals surface area contributed by atoms with Gasteiger partial charge in [0.15, 0.2) is 0 Å². The van der Waals surface area contributed by atoms with Crippen LogP contribution >= 0.6 is 12.6 Å². The molecule has 24 heavy (non-hydrogen) atoms. The molecule has 0 saturated heterocycles. The van der Waals surface area contributed by atoms with E-state index in [2.05, 4.69) is 16.8 Å². The summed E-state index contributed by atoms with van der Waals surface area (Å²) in [6.45, 7) is -0.345. The van der Waals surface area contributed by atoms with Gasteiger partial charge in [-0.1, -0.05) is 25.7 Å². The quantitative estimate of drug-likeness (QED) is 0.343. The van der Waals surface area contributed by atoms with Crippen LogP contribution in [0.2, 0.25) is 0 Å². The predicted molar refractivity (Wildman–Crippen MR) is 88.0 cm³/mol. The SMILES string of the molecule is O=C=C1CCCCC1S.O=S(=O)(OCC1CCCCC1)C(F)(F)F. The van der Waals surface area contributed by atoms with Crippen molar-refractivity contribution in [2.75, 3.05) is 6.61 Å². The molecular weight excluding hydrogens is 365 g/mol. The van der Waals surface area contributed by atoms with Crippen LogP contribution in [0.4, 0.5) is 13.2 Å². The van der Waals surface area contributed by atoms with Gasteiger partial charge in [0, 0.05) is 10.8 Å². The van der Waals surface area contributed by atoms with Crippen LogP contribution in [0.5, 0.6) is 0 Å². The average Bonchev–Trinajstić information content (AvgIpc) is 2.54. The maximum atomic E-state index is 11.9. The Balaban J connectivity index is 0.000000272. The van der Waals surface area contributed by atoms with E-state index in [1.807, 2.05) is 5.94 Å². The summed E-state index contributed by atoms with van der Waals surface area (Å²) in [6, 6.07) is 0. The first-order valence-corrected chi connectivity index (χ1v) is 9.97. The van der Waals surface area contributed by atoms with Gasteiger partial charge in [-0.3, -0.25) is 4.18 Å². The van der Waals surface area contributed by atoms with E-state index in [0.29, 0.717) is 0 Å². The van der Waals surface area contributed by atoms with Crippen LogP contribution in [-0.2, 0) is 19.1 Å². The lowest BCUT2D eigenvalue weighted by Crippen LogP contribution is -2.28. The third kappa shape index (κ3) is 7.17. The Morgan fingerprint density at radius 1 is 1.08 bits per heavy atom. The van der Waals surface area contributed by atoms with Gasteiger partial charge in [-0.15, -0.1) is 0 Å². The van der Waals surface area contributed by atoms with Gasteiger partial charge in [-0.2, -0.15) is 34.2 Å². The lowest BCUT2D eigenvalue weighted by molar-refractivity contribution is -0.0553. The van der Waals surface area contributed by atoms with Gasteiger partial charge < -0.3 is 0 Å². The van der Waals surface area contributed by atoms with Crippen molar-refractivity contribution < 1.29 is 30.6 Å². The van der Waals surface area contributed by atoms with Gasteiger partial charge in [0.1, 0.15) is 5.94 Å². The average molecular weight is 388 g/mol. The van der Waals surface area contributed by atoms with Crippen molar-refractivity contribution in [3.05, 3.63) is 5.57 Å². The Kier molecular flexibility index (Phi) is 8.84. The Morgan fingerprint density at radius 3 is 2.12 bits per heavy atom. The molecule has 0 aromatic carbocycles. The number of alkyl halides is 3. The molecule has 0 amide bonds. The van der Waals surface area contributed by atoms with Crippen LogP contribution < -0.4 is 0 Å². The van der Waals surface area contributed by atoms with Gasteiger partial charge in [0.2, 0.25) is 0 Å². The first-order valence-electron chi connectivity index (χ1n) is 8.05. The first kappa shape index (κ1) is 21.5. The maximum absolute atomic E-state index is 11.9. The molecule has 0 radical (unpaired) electrons. The number of halogens is 3. The lowest BCUT2D eigenvalue weighted by Gasteiger charge is -2.21. The molecule has 4 nitrogen and oxygen atoms in total. The third-order valence-corrected chi connectivity index (χ3v) is 5.76. The van der Waals surface area contributed by atoms with Crippen molar-refractivity contribution in [3.63, 3.8) is 0 Å². The summed E-state index contributed by atoms with van der Waals surface area (Å²) in [7, 11) is -5.40. The van der Waals surface area contributed by atoms with Crippen molar-refractivity contribution >= 4 is 28.7 Å². The molecule has 0 N–H and O–H groups in total. The third-order valence-electron chi connectivity index (χ3n) is 4.17. The van der Waals surface area contributed by atoms with E-state index in [1.165, 1.54) is 6.42 Å². The zero-order chi connectivity index (χ0) is 18.2. The maximum Gasteiger partial charge on any atom is 0.523 e. The summed E-state index contributed by atoms with van der Waals surface area (Å²) in [6.07, 6.45) is 8.72. The molecule has 2 rings (SSSR count). The Bertz CT molecular complexity index is 533. The molecule has 2 fully saturated rings. The van der Waals surface area contributed by atoms with Gasteiger partial charge in [0.05, 0.1) is 6.61 Å². The molecule has 0 spiro atoms. The van der Waals surface area contributed by atoms with Crippen LogP contribution in [0.3, 0.4) is 0 Å². The minimum atomic E-state index is -5.40. The highest BCUT2D eigenvalue weighted by Gasteiger charge is 2.47. The normalized spacial score (nSPS) is 23.2. The summed E-state index contributed by atoms with van der Waals surface area (Å²) in [5.74, 6) is 1.88. The van der Waals surface area contributed by atoms with Crippen LogP contribution in [0, 0.1) is 5.92 Å². The highest BCUT2D eigenvalue weighted by atomic mass is 32.2. The van der Waals surface area contributed by atoms with Gasteiger partial charge in [0.25, 0.3) is 0 Å². The zero-order valence-electron chi connectivity index (χ0n) is 13.3. The number of carbonyl (C=O) groups excluding carboxylic acids is 1. The molecule has 2 aliphatic carbocycles. The molecule has 0 aromatic rings. The van der Waals surface area contributed by atoms with Crippen molar-refractivity contribution in [2.24, 2.45) is 5.92 Å². The molecule has 140 valence electrons. The van der Waals surface area contributed by atoms with Crippen molar-refractivity contribution in [2.45, 2.75) is 68.5 Å². The molecule has 0 bridgehead atoms. The minimum absolute atomic E-state index is 0.0594. The van der Waals surface area contributed by atoms with Crippen LogP contribution in [0.25, 0.3) is 0 Å². The Morgan fingerprint density at radius 2 is 1.67 bits per heavy atom. The van der Waals surface area contributed by atoms with Crippen LogP contribution in [0.15, 0.2) is 5.57 Å². The van der Waals surface area contributed by atoms with Gasteiger partial charge in [-0.05, 0) is 38.0 Å². The van der Waals surface area contributed by atoms with E-state index >= 15 is 0 Å². The number of thiol groups is 1. The van der Waals surface area contributed by atoms with E-state index in [0.717, 1.165) is 56.9 Å². The Hall–Kier alpha value is -0.500. The first-order chi connectivity index (χ1) is 11.2. The second kappa shape index (κ2) is 9.85. The number of rotatable bonds is 3. The fraction of sp³-hybridized carbons (Fsp3) is 0.867. The van der Waals surface area contributed by atoms with E-state index in [4.69, 9.17) is 0 Å². The van der Waals surface area contributed by atoms with Gasteiger partial charge in [-0.25, -0.2) is 4.79 Å². The highest BCUT2D eigenvalue weighted by Crippen LogP contribution is 2.28. The standard InChI is InChI=1S/C8H13F3O3S.C7H10OS/c9-8(10,11)15(12,13)14-6-7-4-2-1-3-5-7;8-5-6-3-1-2-4-7(6)9/h7H,1-6H2;7,9H,1-4H2. The van der Waals surface area contributed by atoms with Crippen molar-refractivity contribution in [1.29, 1.82) is 0 Å². The van der Waals surface area contributed by atoms with E-state index < -0.39 is 15.6 Å². The molecule has 1 atom stereocenters. The lowest BCUT2D eigenvalue weighted by atomic mass is 9.90. The summed E-state index contributed by atoms with van der Waals surface area (Å²) >= 11 is 4.24. The number of hydrogen-bond acceptors (Lipinski definition) is 5. The van der Waals surface area contributed by atoms with E-state index in [-0.39, 0.29) is 17.8 Å². The van der Waals surface area contributed by atoms with E-state index in [9.17, 15) is 26.4 Å². The fourth-order valence-electron chi connectivity index (χ4n) is 2.72. The summed E-state index contributed by atoms with van der Waals surface area (Å²) in [5, 5.41) is 0.205. The monoisotopic (exact) mass is 388 g/mol. The van der Waals surface area contributed by atoms with Crippen LogP contribution in [-0.4, -0.2) is 31.7 Å². The molecule has 0 aromatic heterocycles. The van der Waals surface area contributed by atoms with Crippen molar-refractivity contribution in [1.82, 2.24) is 0 Å². The summed E-state index contributed by atoms with van der Waals surface area (Å²) in [4.78, 5) is 10.2. The Labute approximate surface area is 146 Å². The minimum Gasteiger partial charge on any atom is -0.263 e. The molecule has 9 heteroatoms. The topological polar surface area (TPSA) is 60.4 Å². The predicted octanol–water partition coefficient (Wildman–Crippen LogP) is 4.05. The molecular formula is C15H23F3O4S2. The van der Waals surface area contributed by atoms with Gasteiger partial charge >= 0.3 is 15.6 Å². The molecule has 0 heterocycles. The summed E-state index contributed by atoms with van der Waals surface area (Å²) < 4.78 is 60.7. The second-order valence-corrected chi connectivity index (χ2v) is 8.31. The second-order valence-electron chi connectivity index (χ2n) is 6.08.